The first kappa shape index (κ1) is 19.9. The molecule has 6 nitrogen and oxygen atoms in total. The lowest BCUT2D eigenvalue weighted by Crippen LogP contribution is -2.46. The Morgan fingerprint density at radius 1 is 1.29 bits per heavy atom. The summed E-state index contributed by atoms with van der Waals surface area (Å²) in [4.78, 5) is 15.0. The van der Waals surface area contributed by atoms with Crippen LogP contribution in [0.5, 0.6) is 0 Å². The van der Waals surface area contributed by atoms with Crippen molar-refractivity contribution in [3.05, 3.63) is 0 Å². The topological polar surface area (TPSA) is 78.5 Å². The smallest absolute Gasteiger partial charge is 0.226 e. The quantitative estimate of drug-likeness (QED) is 0.750. The minimum absolute atomic E-state index is 0. The summed E-state index contributed by atoms with van der Waals surface area (Å²) in [6.45, 7) is 3.33. The Bertz CT molecular complexity index is 549. The Kier molecular flexibility index (Phi) is 6.56. The SMILES string of the molecule is CS(=O)(=O)NCCC1CCCCN1C(=O)C1CC12CCNCC2.Cl. The second kappa shape index (κ2) is 7.89. The highest BCUT2D eigenvalue weighted by Crippen LogP contribution is 2.59. The lowest BCUT2D eigenvalue weighted by atomic mass is 9.90. The van der Waals surface area contributed by atoms with E-state index in [1.165, 1.54) is 6.26 Å². The molecule has 2 unspecified atom stereocenters. The third-order valence-electron chi connectivity index (χ3n) is 5.84. The van der Waals surface area contributed by atoms with Crippen LogP contribution in [0, 0.1) is 11.3 Å². The molecule has 2 heterocycles. The Labute approximate surface area is 151 Å². The van der Waals surface area contributed by atoms with Gasteiger partial charge in [-0.25, -0.2) is 13.1 Å². The fraction of sp³-hybridized carbons (Fsp3) is 0.938. The molecule has 0 aromatic rings. The number of carbonyl (C=O) groups excluding carboxylic acids is 1. The number of halogens is 1. The summed E-state index contributed by atoms with van der Waals surface area (Å²) < 4.78 is 25.0. The largest absolute Gasteiger partial charge is 0.339 e. The average molecular weight is 380 g/mol. The predicted octanol–water partition coefficient (Wildman–Crippen LogP) is 1.12. The number of hydrogen-bond acceptors (Lipinski definition) is 4. The van der Waals surface area contributed by atoms with Gasteiger partial charge in [-0.3, -0.25) is 4.79 Å². The molecule has 2 saturated heterocycles. The van der Waals surface area contributed by atoms with Gasteiger partial charge in [0.05, 0.1) is 6.26 Å². The van der Waals surface area contributed by atoms with Crippen molar-refractivity contribution in [3.63, 3.8) is 0 Å². The Morgan fingerprint density at radius 2 is 2.00 bits per heavy atom. The summed E-state index contributed by atoms with van der Waals surface area (Å²) >= 11 is 0. The molecule has 2 atom stereocenters. The van der Waals surface area contributed by atoms with Crippen LogP contribution in [0.3, 0.4) is 0 Å². The molecule has 24 heavy (non-hydrogen) atoms. The van der Waals surface area contributed by atoms with E-state index in [0.29, 0.717) is 12.5 Å². The van der Waals surface area contributed by atoms with Crippen molar-refractivity contribution < 1.29 is 13.2 Å². The van der Waals surface area contributed by atoms with Crippen LogP contribution < -0.4 is 10.0 Å². The van der Waals surface area contributed by atoms with E-state index in [-0.39, 0.29) is 29.8 Å². The second-order valence-electron chi connectivity index (χ2n) is 7.51. The van der Waals surface area contributed by atoms with E-state index < -0.39 is 10.0 Å². The van der Waals surface area contributed by atoms with E-state index in [9.17, 15) is 13.2 Å². The Morgan fingerprint density at radius 3 is 2.67 bits per heavy atom. The standard InChI is InChI=1S/C16H29N3O3S.ClH/c1-23(21,22)18-8-5-13-4-2-3-11-19(13)15(20)14-12-16(14)6-9-17-10-7-16;/h13-14,17-18H,2-12H2,1H3;1H. The molecule has 3 aliphatic rings. The number of hydrogen-bond donors (Lipinski definition) is 2. The van der Waals surface area contributed by atoms with Crippen LogP contribution in [0.2, 0.25) is 0 Å². The molecule has 8 heteroatoms. The molecule has 0 radical (unpaired) electrons. The average Bonchev–Trinajstić information content (AvgIpc) is 3.20. The maximum atomic E-state index is 13.0. The second-order valence-corrected chi connectivity index (χ2v) is 9.34. The van der Waals surface area contributed by atoms with Crippen LogP contribution in [0.25, 0.3) is 0 Å². The summed E-state index contributed by atoms with van der Waals surface area (Å²) in [6.07, 6.45) is 8.41. The lowest BCUT2D eigenvalue weighted by Gasteiger charge is -2.37. The van der Waals surface area contributed by atoms with Gasteiger partial charge in [0.1, 0.15) is 0 Å². The number of likely N-dealkylation sites (tertiary alicyclic amines) is 1. The predicted molar refractivity (Wildman–Crippen MR) is 96.7 cm³/mol. The van der Waals surface area contributed by atoms with Gasteiger partial charge in [0, 0.05) is 25.0 Å². The van der Waals surface area contributed by atoms with Crippen molar-refractivity contribution in [2.45, 2.75) is 51.0 Å². The molecule has 0 bridgehead atoms. The minimum atomic E-state index is -3.15. The molecule has 1 spiro atoms. The van der Waals surface area contributed by atoms with Gasteiger partial charge in [-0.15, -0.1) is 12.4 Å². The molecular formula is C16H30ClN3O3S. The van der Waals surface area contributed by atoms with Gasteiger partial charge in [-0.1, -0.05) is 0 Å². The van der Waals surface area contributed by atoms with E-state index in [1.807, 2.05) is 0 Å². The molecule has 2 aliphatic heterocycles. The fourth-order valence-corrected chi connectivity index (χ4v) is 4.86. The minimum Gasteiger partial charge on any atom is -0.339 e. The van der Waals surface area contributed by atoms with Gasteiger partial charge in [0.2, 0.25) is 15.9 Å². The van der Waals surface area contributed by atoms with Gasteiger partial charge in [0.25, 0.3) is 0 Å². The summed E-state index contributed by atoms with van der Waals surface area (Å²) in [5.74, 6) is 0.545. The van der Waals surface area contributed by atoms with Gasteiger partial charge < -0.3 is 10.2 Å². The summed E-state index contributed by atoms with van der Waals surface area (Å²) in [5, 5.41) is 3.38. The van der Waals surface area contributed by atoms with Crippen LogP contribution in [-0.2, 0) is 14.8 Å². The summed E-state index contributed by atoms with van der Waals surface area (Å²) in [5.41, 5.74) is 0.273. The zero-order valence-electron chi connectivity index (χ0n) is 14.4. The molecule has 140 valence electrons. The summed E-state index contributed by atoms with van der Waals surface area (Å²) in [7, 11) is -3.15. The number of piperidine rings is 2. The molecule has 0 aromatic carbocycles. The Hall–Kier alpha value is -0.370. The van der Waals surface area contributed by atoms with Crippen molar-refractivity contribution in [2.24, 2.45) is 11.3 Å². The van der Waals surface area contributed by atoms with Crippen LogP contribution in [0.4, 0.5) is 0 Å². The monoisotopic (exact) mass is 379 g/mol. The molecule has 1 saturated carbocycles. The zero-order chi connectivity index (χ0) is 16.5. The van der Waals surface area contributed by atoms with E-state index in [4.69, 9.17) is 0 Å². The summed E-state index contributed by atoms with van der Waals surface area (Å²) in [6, 6.07) is 0.199. The highest BCUT2D eigenvalue weighted by atomic mass is 35.5. The van der Waals surface area contributed by atoms with Crippen LogP contribution >= 0.6 is 12.4 Å². The van der Waals surface area contributed by atoms with Crippen molar-refractivity contribution >= 4 is 28.3 Å². The molecular weight excluding hydrogens is 350 g/mol. The maximum Gasteiger partial charge on any atom is 0.226 e. The van der Waals surface area contributed by atoms with Crippen molar-refractivity contribution in [1.82, 2.24) is 14.9 Å². The molecule has 1 amide bonds. The third kappa shape index (κ3) is 4.62. The highest BCUT2D eigenvalue weighted by molar-refractivity contribution is 7.88. The Balaban J connectivity index is 0.00000208. The molecule has 3 fully saturated rings. The van der Waals surface area contributed by atoms with Gasteiger partial charge >= 0.3 is 0 Å². The van der Waals surface area contributed by atoms with Gasteiger partial charge in [0.15, 0.2) is 0 Å². The molecule has 1 aliphatic carbocycles. The molecule has 0 aromatic heterocycles. The molecule has 2 N–H and O–H groups in total. The number of rotatable bonds is 5. The number of carbonyl (C=O) groups is 1. The van der Waals surface area contributed by atoms with Crippen molar-refractivity contribution in [1.29, 1.82) is 0 Å². The van der Waals surface area contributed by atoms with Gasteiger partial charge in [-0.05, 0) is 63.5 Å². The van der Waals surface area contributed by atoms with E-state index in [1.54, 1.807) is 0 Å². The zero-order valence-corrected chi connectivity index (χ0v) is 16.1. The first-order valence-corrected chi connectivity index (χ1v) is 10.8. The number of sulfonamides is 1. The number of nitrogens with zero attached hydrogens (tertiary/aromatic N) is 1. The lowest BCUT2D eigenvalue weighted by molar-refractivity contribution is -0.137. The van der Waals surface area contributed by atoms with E-state index in [2.05, 4.69) is 14.9 Å². The van der Waals surface area contributed by atoms with Crippen LogP contribution in [-0.4, -0.2) is 57.7 Å². The van der Waals surface area contributed by atoms with Crippen LogP contribution in [0.1, 0.15) is 44.9 Å². The van der Waals surface area contributed by atoms with Crippen LogP contribution in [0.15, 0.2) is 0 Å². The number of amides is 1. The molecule has 3 rings (SSSR count). The maximum absolute atomic E-state index is 13.0. The highest BCUT2D eigenvalue weighted by Gasteiger charge is 2.59. The van der Waals surface area contributed by atoms with Crippen molar-refractivity contribution in [3.8, 4) is 0 Å². The first-order chi connectivity index (χ1) is 10.9. The van der Waals surface area contributed by atoms with Crippen molar-refractivity contribution in [2.75, 3.05) is 32.4 Å². The number of nitrogens with one attached hydrogen (secondary N) is 2. The first-order valence-electron chi connectivity index (χ1n) is 8.87. The third-order valence-corrected chi connectivity index (χ3v) is 6.57. The fourth-order valence-electron chi connectivity index (χ4n) is 4.38. The van der Waals surface area contributed by atoms with Gasteiger partial charge in [-0.2, -0.15) is 0 Å². The van der Waals surface area contributed by atoms with E-state index in [0.717, 1.165) is 64.6 Å². The normalized spacial score (nSPS) is 29.1. The van der Waals surface area contributed by atoms with E-state index >= 15 is 0 Å².